The number of hydrogen-bond donors (Lipinski definition) is 3. The van der Waals surface area contributed by atoms with Crippen LogP contribution in [0.15, 0.2) is 23.3 Å². The molecule has 0 aliphatic carbocycles. The van der Waals surface area contributed by atoms with Crippen LogP contribution in [0.5, 0.6) is 0 Å². The van der Waals surface area contributed by atoms with Gasteiger partial charge in [-0.3, -0.25) is 9.79 Å². The van der Waals surface area contributed by atoms with Crippen molar-refractivity contribution in [1.29, 1.82) is 0 Å². The molecule has 1 amide bonds. The van der Waals surface area contributed by atoms with Crippen molar-refractivity contribution < 1.29 is 4.79 Å². The van der Waals surface area contributed by atoms with Crippen LogP contribution >= 0.6 is 0 Å². The summed E-state index contributed by atoms with van der Waals surface area (Å²) >= 11 is 0. The highest BCUT2D eigenvalue weighted by molar-refractivity contribution is 5.90. The summed E-state index contributed by atoms with van der Waals surface area (Å²) in [6.45, 7) is 6.53. The number of guanidine groups is 1. The van der Waals surface area contributed by atoms with E-state index in [0.717, 1.165) is 5.56 Å². The standard InChI is InChI=1S/C14H23N5O/c1-10(2)18-14(15-4)16-8-7-13(20)19-12-6-5-11(3)9-17-12/h5-6,9-10H,7-8H2,1-4H3,(H2,15,16,18)(H,17,19,20). The molecular weight excluding hydrogens is 254 g/mol. The van der Waals surface area contributed by atoms with Crippen LogP contribution in [-0.2, 0) is 4.79 Å². The highest BCUT2D eigenvalue weighted by atomic mass is 16.1. The summed E-state index contributed by atoms with van der Waals surface area (Å²) in [7, 11) is 1.70. The molecular formula is C14H23N5O. The molecule has 0 unspecified atom stereocenters. The number of amides is 1. The molecule has 0 aliphatic heterocycles. The van der Waals surface area contributed by atoms with E-state index in [9.17, 15) is 4.79 Å². The Kier molecular flexibility index (Phi) is 6.49. The fourth-order valence-corrected chi connectivity index (χ4v) is 1.51. The molecule has 0 bridgehead atoms. The van der Waals surface area contributed by atoms with Crippen molar-refractivity contribution in [3.63, 3.8) is 0 Å². The van der Waals surface area contributed by atoms with Gasteiger partial charge in [0.25, 0.3) is 0 Å². The number of aromatic nitrogens is 1. The van der Waals surface area contributed by atoms with Gasteiger partial charge in [0, 0.05) is 32.3 Å². The van der Waals surface area contributed by atoms with Crippen molar-refractivity contribution in [1.82, 2.24) is 15.6 Å². The molecule has 0 aromatic carbocycles. The first kappa shape index (κ1) is 15.9. The Morgan fingerprint density at radius 1 is 1.40 bits per heavy atom. The smallest absolute Gasteiger partial charge is 0.227 e. The van der Waals surface area contributed by atoms with E-state index in [-0.39, 0.29) is 5.91 Å². The van der Waals surface area contributed by atoms with Crippen molar-refractivity contribution in [3.8, 4) is 0 Å². The van der Waals surface area contributed by atoms with Crippen molar-refractivity contribution in [2.75, 3.05) is 18.9 Å². The van der Waals surface area contributed by atoms with E-state index in [1.807, 2.05) is 26.8 Å². The molecule has 0 atom stereocenters. The molecule has 6 nitrogen and oxygen atoms in total. The summed E-state index contributed by atoms with van der Waals surface area (Å²) in [4.78, 5) is 19.9. The third-order valence-electron chi connectivity index (χ3n) is 2.47. The van der Waals surface area contributed by atoms with Gasteiger partial charge in [0.15, 0.2) is 5.96 Å². The van der Waals surface area contributed by atoms with Crippen LogP contribution in [0.3, 0.4) is 0 Å². The summed E-state index contributed by atoms with van der Waals surface area (Å²) in [5.41, 5.74) is 1.06. The van der Waals surface area contributed by atoms with E-state index >= 15 is 0 Å². The average molecular weight is 277 g/mol. The first-order chi connectivity index (χ1) is 9.51. The zero-order valence-electron chi connectivity index (χ0n) is 12.5. The summed E-state index contributed by atoms with van der Waals surface area (Å²) in [6.07, 6.45) is 2.08. The van der Waals surface area contributed by atoms with Crippen LogP contribution < -0.4 is 16.0 Å². The summed E-state index contributed by atoms with van der Waals surface area (Å²) < 4.78 is 0. The molecule has 0 saturated carbocycles. The van der Waals surface area contributed by atoms with Crippen LogP contribution in [0.2, 0.25) is 0 Å². The largest absolute Gasteiger partial charge is 0.356 e. The number of aliphatic imine (C=N–C) groups is 1. The van der Waals surface area contributed by atoms with E-state index < -0.39 is 0 Å². The number of hydrogen-bond acceptors (Lipinski definition) is 3. The Balaban J connectivity index is 2.31. The van der Waals surface area contributed by atoms with Gasteiger partial charge in [0.2, 0.25) is 5.91 Å². The Morgan fingerprint density at radius 2 is 2.15 bits per heavy atom. The summed E-state index contributed by atoms with van der Waals surface area (Å²) in [5, 5.41) is 8.99. The van der Waals surface area contributed by atoms with Crippen LogP contribution in [0.1, 0.15) is 25.8 Å². The normalized spacial score (nSPS) is 11.3. The lowest BCUT2D eigenvalue weighted by Crippen LogP contribution is -2.41. The lowest BCUT2D eigenvalue weighted by molar-refractivity contribution is -0.116. The highest BCUT2D eigenvalue weighted by Gasteiger charge is 2.04. The molecule has 0 aliphatic rings. The van der Waals surface area contributed by atoms with Crippen molar-refractivity contribution in [2.24, 2.45) is 4.99 Å². The summed E-state index contributed by atoms with van der Waals surface area (Å²) in [5.74, 6) is 1.19. The van der Waals surface area contributed by atoms with Gasteiger partial charge in [-0.05, 0) is 32.4 Å². The molecule has 0 radical (unpaired) electrons. The Morgan fingerprint density at radius 3 is 2.70 bits per heavy atom. The maximum Gasteiger partial charge on any atom is 0.227 e. The third-order valence-corrected chi connectivity index (χ3v) is 2.47. The SMILES string of the molecule is CN=C(NCCC(=O)Nc1ccc(C)cn1)NC(C)C. The molecule has 0 saturated heterocycles. The fourth-order valence-electron chi connectivity index (χ4n) is 1.51. The quantitative estimate of drug-likeness (QED) is 0.560. The lowest BCUT2D eigenvalue weighted by Gasteiger charge is -2.14. The van der Waals surface area contributed by atoms with Crippen molar-refractivity contribution in [3.05, 3.63) is 23.9 Å². The highest BCUT2D eigenvalue weighted by Crippen LogP contribution is 2.03. The first-order valence-corrected chi connectivity index (χ1v) is 6.71. The van der Waals surface area contributed by atoms with Gasteiger partial charge in [0.05, 0.1) is 0 Å². The topological polar surface area (TPSA) is 78.4 Å². The van der Waals surface area contributed by atoms with E-state index in [2.05, 4.69) is 25.9 Å². The Labute approximate surface area is 120 Å². The molecule has 1 rings (SSSR count). The minimum atomic E-state index is -0.0751. The molecule has 1 aromatic rings. The van der Waals surface area contributed by atoms with Crippen LogP contribution in [-0.4, -0.2) is 36.5 Å². The number of carbonyl (C=O) groups excluding carboxylic acids is 1. The fraction of sp³-hybridized carbons (Fsp3) is 0.500. The number of pyridine rings is 1. The van der Waals surface area contributed by atoms with E-state index in [0.29, 0.717) is 30.8 Å². The first-order valence-electron chi connectivity index (χ1n) is 6.71. The minimum absolute atomic E-state index is 0.0751. The van der Waals surface area contributed by atoms with Gasteiger partial charge in [0.1, 0.15) is 5.82 Å². The zero-order chi connectivity index (χ0) is 15.0. The van der Waals surface area contributed by atoms with Gasteiger partial charge in [-0.1, -0.05) is 6.07 Å². The van der Waals surface area contributed by atoms with Gasteiger partial charge in [-0.2, -0.15) is 0 Å². The number of aryl methyl sites for hydroxylation is 1. The minimum Gasteiger partial charge on any atom is -0.356 e. The molecule has 1 heterocycles. The van der Waals surface area contributed by atoms with Crippen LogP contribution in [0, 0.1) is 6.92 Å². The lowest BCUT2D eigenvalue weighted by atomic mass is 10.3. The number of carbonyl (C=O) groups is 1. The van der Waals surface area contributed by atoms with Gasteiger partial charge in [-0.25, -0.2) is 4.98 Å². The second-order valence-electron chi connectivity index (χ2n) is 4.82. The maximum atomic E-state index is 11.7. The second kappa shape index (κ2) is 8.14. The molecule has 20 heavy (non-hydrogen) atoms. The monoisotopic (exact) mass is 277 g/mol. The van der Waals surface area contributed by atoms with Crippen molar-refractivity contribution in [2.45, 2.75) is 33.2 Å². The number of rotatable bonds is 5. The van der Waals surface area contributed by atoms with E-state index in [4.69, 9.17) is 0 Å². The molecule has 6 heteroatoms. The molecule has 3 N–H and O–H groups in total. The van der Waals surface area contributed by atoms with Crippen LogP contribution in [0.4, 0.5) is 5.82 Å². The third kappa shape index (κ3) is 6.17. The average Bonchev–Trinajstić information content (AvgIpc) is 2.40. The van der Waals surface area contributed by atoms with Crippen molar-refractivity contribution >= 4 is 17.7 Å². The second-order valence-corrected chi connectivity index (χ2v) is 4.82. The number of nitrogens with one attached hydrogen (secondary N) is 3. The van der Waals surface area contributed by atoms with Gasteiger partial charge >= 0.3 is 0 Å². The van der Waals surface area contributed by atoms with Crippen LogP contribution in [0.25, 0.3) is 0 Å². The van der Waals surface area contributed by atoms with Gasteiger partial charge in [-0.15, -0.1) is 0 Å². The molecule has 0 spiro atoms. The predicted octanol–water partition coefficient (Wildman–Crippen LogP) is 1.29. The zero-order valence-corrected chi connectivity index (χ0v) is 12.5. The molecule has 0 fully saturated rings. The Hall–Kier alpha value is -2.11. The number of anilines is 1. The van der Waals surface area contributed by atoms with Gasteiger partial charge < -0.3 is 16.0 Å². The predicted molar refractivity (Wildman–Crippen MR) is 81.9 cm³/mol. The summed E-state index contributed by atoms with van der Waals surface area (Å²) in [6, 6.07) is 4.00. The van der Waals surface area contributed by atoms with E-state index in [1.165, 1.54) is 0 Å². The number of nitrogens with zero attached hydrogens (tertiary/aromatic N) is 2. The molecule has 1 aromatic heterocycles. The van der Waals surface area contributed by atoms with E-state index in [1.54, 1.807) is 19.3 Å². The molecule has 110 valence electrons. The Bertz CT molecular complexity index is 453. The maximum absolute atomic E-state index is 11.7.